The Morgan fingerprint density at radius 2 is 1.45 bits per heavy atom. The number of aliphatic hydroxyl groups excluding tert-OH is 9. The van der Waals surface area contributed by atoms with Crippen LogP contribution in [-0.2, 0) is 42.8 Å². The maximum atomic E-state index is 15.7. The van der Waals surface area contributed by atoms with E-state index in [2.05, 4.69) is 73.9 Å². The van der Waals surface area contributed by atoms with Gasteiger partial charge in [-0.25, -0.2) is 0 Å². The van der Waals surface area contributed by atoms with Crippen molar-refractivity contribution < 1.29 is 93.6 Å². The Morgan fingerprint density at radius 3 is 2.15 bits per heavy atom. The van der Waals surface area contributed by atoms with Crippen LogP contribution < -0.4 is 10.6 Å². The van der Waals surface area contributed by atoms with Crippen molar-refractivity contribution in [1.82, 2.24) is 10.6 Å². The third-order valence-electron chi connectivity index (χ3n) is 21.7. The molecule has 82 heavy (non-hydrogen) atoms. The molecule has 3 saturated heterocycles. The number of rotatable bonds is 16. The molecule has 22 heteroatoms. The molecule has 1 aromatic carbocycles. The molecule has 5 aliphatic carbocycles. The molecule has 0 spiro atoms. The lowest BCUT2D eigenvalue weighted by Crippen LogP contribution is -2.69. The van der Waals surface area contributed by atoms with E-state index in [0.29, 0.717) is 63.5 Å². The van der Waals surface area contributed by atoms with Crippen molar-refractivity contribution >= 4 is 46.7 Å². The highest BCUT2D eigenvalue weighted by atomic mass is 127. The van der Waals surface area contributed by atoms with Gasteiger partial charge in [-0.2, -0.15) is 0 Å². The van der Waals surface area contributed by atoms with Crippen molar-refractivity contribution in [3.63, 3.8) is 0 Å². The van der Waals surface area contributed by atoms with Crippen molar-refractivity contribution in [2.75, 3.05) is 19.8 Å². The number of aliphatic hydroxyl groups is 9. The van der Waals surface area contributed by atoms with Crippen molar-refractivity contribution in [3.05, 3.63) is 45.0 Å². The smallest absolute Gasteiger partial charge is 0.317 e. The largest absolute Gasteiger partial charge is 0.432 e. The van der Waals surface area contributed by atoms with Crippen molar-refractivity contribution in [1.29, 1.82) is 0 Å². The van der Waals surface area contributed by atoms with E-state index in [4.69, 9.17) is 28.4 Å². The maximum Gasteiger partial charge on any atom is 0.317 e. The number of benzene rings is 1. The molecule has 3 aliphatic heterocycles. The van der Waals surface area contributed by atoms with Gasteiger partial charge in [0.05, 0.1) is 43.0 Å². The summed E-state index contributed by atoms with van der Waals surface area (Å²) in [5, 5.41) is 107. The molecule has 0 radical (unpaired) electrons. The normalized spacial score (nSPS) is 46.1. The van der Waals surface area contributed by atoms with Crippen LogP contribution in [0.3, 0.4) is 0 Å². The third-order valence-corrected chi connectivity index (χ3v) is 22.4. The number of fused-ring (bicyclic) bond motifs is 7. The topological polar surface area (TPSA) is 330 Å². The van der Waals surface area contributed by atoms with Gasteiger partial charge in [-0.1, -0.05) is 59.6 Å². The number of amides is 2. The minimum absolute atomic E-state index is 0.0188. The lowest BCUT2D eigenvalue weighted by Gasteiger charge is -2.71. The van der Waals surface area contributed by atoms with Gasteiger partial charge in [0.25, 0.3) is 5.91 Å². The number of nitrogens with one attached hydrogen (secondary N) is 2. The minimum atomic E-state index is -1.96. The fourth-order valence-electron chi connectivity index (χ4n) is 16.6. The Kier molecular flexibility index (Phi) is 19.0. The van der Waals surface area contributed by atoms with Gasteiger partial charge in [0.2, 0.25) is 12.2 Å². The van der Waals surface area contributed by atoms with Crippen LogP contribution in [0.1, 0.15) is 142 Å². The second-order valence-corrected chi connectivity index (χ2v) is 28.2. The fourth-order valence-corrected chi connectivity index (χ4v) is 16.9. The zero-order valence-electron chi connectivity index (χ0n) is 48.2. The van der Waals surface area contributed by atoms with Gasteiger partial charge >= 0.3 is 5.97 Å². The molecule has 460 valence electrons. The number of esters is 1. The van der Waals surface area contributed by atoms with Gasteiger partial charge in [0, 0.05) is 22.1 Å². The molecule has 2 amide bonds. The van der Waals surface area contributed by atoms with Crippen LogP contribution in [0, 0.1) is 53.8 Å². The van der Waals surface area contributed by atoms with E-state index >= 15 is 4.79 Å². The third kappa shape index (κ3) is 11.3. The highest BCUT2D eigenvalue weighted by Gasteiger charge is 2.72. The summed E-state index contributed by atoms with van der Waals surface area (Å²) in [6.07, 6.45) is -13.8. The first kappa shape index (κ1) is 63.7. The second kappa shape index (κ2) is 24.4. The molecular formula is C60H89IN2O19. The lowest BCUT2D eigenvalue weighted by atomic mass is 9.33. The SMILES string of the molecule is CC1O[C@@H](OC2C(O)[C@@H](NC(=O)CCCCCNC(=O)c3ccc(I)cc3)C(CO)O[C@H]2OC(=O)[C@]23CCC(C)(C)CC2C2=CCC4C5(C)CC[C@H](O)C(C)(C=O)[C@@H]5CCC4(C)C2(C)C[C@@H]3O)C(O)C(O)[C@H]1O[C@@H]1OC[C@@H](O)C(O)C1O. The molecule has 11 N–H and O–H groups in total. The Bertz CT molecular complexity index is 2510. The average molecular weight is 1270 g/mol. The minimum Gasteiger partial charge on any atom is -0.432 e. The molecule has 9 rings (SSSR count). The number of aldehydes is 1. The van der Waals surface area contributed by atoms with Crippen LogP contribution in [0.4, 0.5) is 0 Å². The van der Waals surface area contributed by atoms with Crippen LogP contribution in [0.25, 0.3) is 0 Å². The van der Waals surface area contributed by atoms with Gasteiger partial charge in [-0.15, -0.1) is 0 Å². The first-order valence-electron chi connectivity index (χ1n) is 29.6. The first-order chi connectivity index (χ1) is 38.6. The average Bonchev–Trinajstić information content (AvgIpc) is 3.61. The highest BCUT2D eigenvalue weighted by Crippen LogP contribution is 2.76. The number of carbonyl (C=O) groups excluding carboxylic acids is 4. The summed E-state index contributed by atoms with van der Waals surface area (Å²) in [4.78, 5) is 54.8. The summed E-state index contributed by atoms with van der Waals surface area (Å²) in [6, 6.07) is 5.76. The number of allylic oxidation sites excluding steroid dienone is 2. The second-order valence-electron chi connectivity index (χ2n) is 26.9. The molecule has 4 saturated carbocycles. The first-order valence-corrected chi connectivity index (χ1v) is 30.7. The fraction of sp³-hybridized carbons (Fsp3) is 0.800. The molecule has 1 aromatic rings. The van der Waals surface area contributed by atoms with E-state index in [-0.39, 0.29) is 53.3 Å². The quantitative estimate of drug-likeness (QED) is 0.0373. The summed E-state index contributed by atoms with van der Waals surface area (Å²) in [7, 11) is 0. The van der Waals surface area contributed by atoms with Gasteiger partial charge in [0.15, 0.2) is 18.7 Å². The van der Waals surface area contributed by atoms with E-state index in [1.807, 2.05) is 19.1 Å². The van der Waals surface area contributed by atoms with E-state index < -0.39 is 145 Å². The van der Waals surface area contributed by atoms with Gasteiger partial charge in [-0.3, -0.25) is 14.4 Å². The number of carbonyl (C=O) groups is 4. The van der Waals surface area contributed by atoms with Gasteiger partial charge in [-0.05, 0) is 164 Å². The molecular weight excluding hydrogens is 1180 g/mol. The number of ether oxygens (including phenoxy) is 6. The van der Waals surface area contributed by atoms with E-state index in [1.54, 1.807) is 12.1 Å². The molecule has 14 unspecified atom stereocenters. The van der Waals surface area contributed by atoms with E-state index in [9.17, 15) is 60.3 Å². The van der Waals surface area contributed by atoms with Crippen LogP contribution in [0.2, 0.25) is 0 Å². The Morgan fingerprint density at radius 1 is 0.756 bits per heavy atom. The van der Waals surface area contributed by atoms with Crippen LogP contribution >= 0.6 is 22.6 Å². The highest BCUT2D eigenvalue weighted by molar-refractivity contribution is 14.1. The standard InChI is InChI=1S/C60H89IN2O19/c1-30-48(80-51-46(73)43(70)35(66)28-77-51)45(72)47(74)52(78-30)81-49-44(71)42(63-41(69)11-9-8-10-24-62-50(75)31-12-14-32(61)15-13-31)36(27-64)79-53(49)82-54(76)60-23-22-55(2,3)25-34(60)33-16-17-38-56(4)20-19-39(67)57(5,29-65)37(56)18-21-58(38,6)59(33,7)26-40(60)68/h12-16,29-30,34-40,42-49,51-53,64,66-68,70-74H,8-11,17-28H2,1-7H3,(H,62,75)(H,63,69)/t30?,34?,35-,36?,37-,38?,39+,40+,42+,43?,44?,45?,46?,47?,48+,49?,51+,52+,53+,56?,57?,58?,59?,60-/m1/s1. The monoisotopic (exact) mass is 1270 g/mol. The Balaban J connectivity index is 0.963. The number of hydrogen-bond donors (Lipinski definition) is 11. The van der Waals surface area contributed by atoms with Crippen molar-refractivity contribution in [2.45, 2.75) is 230 Å². The van der Waals surface area contributed by atoms with Crippen LogP contribution in [0.15, 0.2) is 35.9 Å². The van der Waals surface area contributed by atoms with Crippen molar-refractivity contribution in [2.24, 2.45) is 50.2 Å². The predicted octanol–water partition coefficient (Wildman–Crippen LogP) is 2.68. The molecule has 0 bridgehead atoms. The number of halogens is 1. The van der Waals surface area contributed by atoms with E-state index in [0.717, 1.165) is 28.3 Å². The molecule has 24 atom stereocenters. The molecule has 0 aromatic heterocycles. The summed E-state index contributed by atoms with van der Waals surface area (Å²) >= 11 is 2.16. The molecule has 8 aliphatic rings. The molecule has 7 fully saturated rings. The Labute approximate surface area is 493 Å². The van der Waals surface area contributed by atoms with E-state index in [1.165, 1.54) is 6.92 Å². The zero-order valence-corrected chi connectivity index (χ0v) is 50.4. The zero-order chi connectivity index (χ0) is 59.6. The Hall–Kier alpha value is -2.79. The summed E-state index contributed by atoms with van der Waals surface area (Å²) < 4.78 is 37.5. The summed E-state index contributed by atoms with van der Waals surface area (Å²) in [5.41, 5.74) is -2.41. The lowest BCUT2D eigenvalue weighted by molar-refractivity contribution is -0.370. The maximum absolute atomic E-state index is 15.7. The summed E-state index contributed by atoms with van der Waals surface area (Å²) in [5.74, 6) is -2.06. The number of hydrogen-bond acceptors (Lipinski definition) is 19. The summed E-state index contributed by atoms with van der Waals surface area (Å²) in [6.45, 7) is 13.6. The van der Waals surface area contributed by atoms with Crippen LogP contribution in [-0.4, -0.2) is 188 Å². The molecule has 3 heterocycles. The van der Waals surface area contributed by atoms with Gasteiger partial charge < -0.3 is 89.8 Å². The van der Waals surface area contributed by atoms with Crippen molar-refractivity contribution in [3.8, 4) is 0 Å². The molecule has 21 nitrogen and oxygen atoms in total. The van der Waals surface area contributed by atoms with Gasteiger partial charge in [0.1, 0.15) is 60.5 Å². The number of unbranched alkanes of at least 4 members (excludes halogenated alkanes) is 2. The predicted molar refractivity (Wildman–Crippen MR) is 300 cm³/mol. The van der Waals surface area contributed by atoms with Crippen LogP contribution in [0.5, 0.6) is 0 Å².